The maximum atomic E-state index is 12.6. The number of amides is 2. The largest absolute Gasteiger partial charge is 0.482 e. The molecular weight excluding hydrogens is 350 g/mol. The number of nitrogens with one attached hydrogen (secondary N) is 2. The Morgan fingerprint density at radius 2 is 2.15 bits per heavy atom. The average molecular weight is 367 g/mol. The van der Waals surface area contributed by atoms with Crippen LogP contribution in [0.3, 0.4) is 0 Å². The molecule has 0 aliphatic carbocycles. The van der Waals surface area contributed by atoms with Crippen molar-refractivity contribution in [3.8, 4) is 5.75 Å². The molecule has 0 saturated heterocycles. The highest BCUT2D eigenvalue weighted by molar-refractivity contribution is 7.08. The Labute approximate surface area is 154 Å². The van der Waals surface area contributed by atoms with Crippen LogP contribution in [-0.4, -0.2) is 23.0 Å². The first-order valence-electron chi connectivity index (χ1n) is 8.20. The summed E-state index contributed by atoms with van der Waals surface area (Å²) in [6, 6.07) is 11.1. The van der Waals surface area contributed by atoms with Crippen molar-refractivity contribution in [3.63, 3.8) is 0 Å². The lowest BCUT2D eigenvalue weighted by Gasteiger charge is -2.20. The molecule has 132 valence electrons. The summed E-state index contributed by atoms with van der Waals surface area (Å²) in [4.78, 5) is 23.9. The van der Waals surface area contributed by atoms with Crippen molar-refractivity contribution < 1.29 is 14.3 Å². The number of ether oxygens (including phenoxy) is 1. The molecule has 0 unspecified atom stereocenters. The second-order valence-corrected chi connectivity index (χ2v) is 6.78. The molecule has 6 nitrogen and oxygen atoms in total. The van der Waals surface area contributed by atoms with Gasteiger partial charge >= 0.3 is 0 Å². The molecule has 2 amide bonds. The van der Waals surface area contributed by atoms with E-state index in [1.807, 2.05) is 40.5 Å². The van der Waals surface area contributed by atoms with Crippen LogP contribution in [0.5, 0.6) is 5.75 Å². The van der Waals surface area contributed by atoms with Crippen molar-refractivity contribution >= 4 is 34.5 Å². The molecule has 2 aromatic heterocycles. The third-order valence-electron chi connectivity index (χ3n) is 4.19. The van der Waals surface area contributed by atoms with Crippen LogP contribution in [0, 0.1) is 0 Å². The van der Waals surface area contributed by atoms with Crippen LogP contribution in [0.4, 0.5) is 11.4 Å². The van der Waals surface area contributed by atoms with Crippen LogP contribution in [0.15, 0.2) is 59.6 Å². The van der Waals surface area contributed by atoms with E-state index in [1.165, 1.54) is 0 Å². The molecule has 4 rings (SSSR count). The number of anilines is 2. The monoisotopic (exact) mass is 367 g/mol. The smallest absolute Gasteiger partial charge is 0.262 e. The number of carbonyl (C=O) groups is 2. The van der Waals surface area contributed by atoms with Crippen LogP contribution >= 0.6 is 11.3 Å². The highest BCUT2D eigenvalue weighted by atomic mass is 32.1. The predicted octanol–water partition coefficient (Wildman–Crippen LogP) is 3.50. The van der Waals surface area contributed by atoms with Gasteiger partial charge in [0.25, 0.3) is 5.91 Å². The third-order valence-corrected chi connectivity index (χ3v) is 4.89. The molecule has 7 heteroatoms. The summed E-state index contributed by atoms with van der Waals surface area (Å²) in [6.07, 6.45) is 4.25. The molecule has 3 heterocycles. The molecule has 1 aliphatic rings. The highest BCUT2D eigenvalue weighted by Crippen LogP contribution is 2.31. The van der Waals surface area contributed by atoms with Crippen molar-refractivity contribution in [1.82, 2.24) is 4.57 Å². The molecule has 0 bridgehead atoms. The van der Waals surface area contributed by atoms with E-state index < -0.39 is 0 Å². The number of hydrogen-bond donors (Lipinski definition) is 2. The van der Waals surface area contributed by atoms with E-state index in [4.69, 9.17) is 4.74 Å². The standard InChI is InChI=1S/C19H17N3O3S/c23-18(10-16(13-5-8-26-12-13)22-6-1-2-7-22)20-14-3-4-15-17(9-14)25-11-19(24)21-15/h1-9,12,16H,10-11H2,(H,20,23)(H,21,24)/t16-/m0/s1. The molecular formula is C19H17N3O3S. The summed E-state index contributed by atoms with van der Waals surface area (Å²) in [5, 5.41) is 9.72. The van der Waals surface area contributed by atoms with Gasteiger partial charge in [-0.15, -0.1) is 0 Å². The van der Waals surface area contributed by atoms with Crippen molar-refractivity contribution in [1.29, 1.82) is 0 Å². The Morgan fingerprint density at radius 3 is 2.92 bits per heavy atom. The molecule has 3 aromatic rings. The Morgan fingerprint density at radius 1 is 1.31 bits per heavy atom. The zero-order chi connectivity index (χ0) is 17.9. The summed E-state index contributed by atoms with van der Waals surface area (Å²) in [5.74, 6) is 0.288. The summed E-state index contributed by atoms with van der Waals surface area (Å²) < 4.78 is 7.43. The van der Waals surface area contributed by atoms with Crippen LogP contribution in [0.2, 0.25) is 0 Å². The number of nitrogens with zero attached hydrogens (tertiary/aromatic N) is 1. The molecule has 1 atom stereocenters. The number of benzene rings is 1. The summed E-state index contributed by atoms with van der Waals surface area (Å²) in [5.41, 5.74) is 2.36. The predicted molar refractivity (Wildman–Crippen MR) is 101 cm³/mol. The lowest BCUT2D eigenvalue weighted by molar-refractivity contribution is -0.119. The van der Waals surface area contributed by atoms with Gasteiger partial charge < -0.3 is 19.9 Å². The molecule has 1 aliphatic heterocycles. The van der Waals surface area contributed by atoms with Gasteiger partial charge in [-0.05, 0) is 46.7 Å². The molecule has 0 saturated carbocycles. The van der Waals surface area contributed by atoms with Crippen molar-refractivity contribution in [2.24, 2.45) is 0 Å². The first-order chi connectivity index (χ1) is 12.7. The Hall–Kier alpha value is -3.06. The molecule has 0 fully saturated rings. The molecule has 1 aromatic carbocycles. The fraction of sp³-hybridized carbons (Fsp3) is 0.158. The van der Waals surface area contributed by atoms with Crippen molar-refractivity contribution in [2.75, 3.05) is 17.2 Å². The quantitative estimate of drug-likeness (QED) is 0.725. The number of thiophene rings is 1. The fourth-order valence-corrected chi connectivity index (χ4v) is 3.66. The molecule has 0 radical (unpaired) electrons. The SMILES string of the molecule is O=C(C[C@@H](c1ccsc1)n1cccc1)Nc1ccc2c(c1)OCC(=O)N2. The Bertz CT molecular complexity index is 885. The van der Waals surface area contributed by atoms with Gasteiger partial charge in [-0.25, -0.2) is 0 Å². The number of rotatable bonds is 5. The van der Waals surface area contributed by atoms with Gasteiger partial charge in [-0.1, -0.05) is 0 Å². The number of fused-ring (bicyclic) bond motifs is 1. The van der Waals surface area contributed by atoms with Crippen LogP contribution in [-0.2, 0) is 9.59 Å². The van der Waals surface area contributed by atoms with Gasteiger partial charge in [0.15, 0.2) is 6.61 Å². The van der Waals surface area contributed by atoms with Crippen LogP contribution < -0.4 is 15.4 Å². The van der Waals surface area contributed by atoms with Gasteiger partial charge in [0.2, 0.25) is 5.91 Å². The minimum absolute atomic E-state index is 0.0156. The van der Waals surface area contributed by atoms with Crippen LogP contribution in [0.25, 0.3) is 0 Å². The highest BCUT2D eigenvalue weighted by Gasteiger charge is 2.19. The van der Waals surface area contributed by atoms with Gasteiger partial charge in [-0.2, -0.15) is 11.3 Å². The second-order valence-electron chi connectivity index (χ2n) is 6.00. The summed E-state index contributed by atoms with van der Waals surface area (Å²) in [7, 11) is 0. The van der Waals surface area contributed by atoms with Gasteiger partial charge in [0.05, 0.1) is 18.2 Å². The first kappa shape index (κ1) is 16.4. The lowest BCUT2D eigenvalue weighted by atomic mass is 10.1. The second kappa shape index (κ2) is 7.05. The number of aromatic nitrogens is 1. The summed E-state index contributed by atoms with van der Waals surface area (Å²) in [6.45, 7) is -0.0156. The Kier molecular flexibility index (Phi) is 4.45. The van der Waals surface area contributed by atoms with Gasteiger partial charge in [0, 0.05) is 24.1 Å². The zero-order valence-corrected chi connectivity index (χ0v) is 14.7. The Balaban J connectivity index is 1.48. The average Bonchev–Trinajstić information content (AvgIpc) is 3.34. The fourth-order valence-electron chi connectivity index (χ4n) is 2.96. The van der Waals surface area contributed by atoms with Crippen molar-refractivity contribution in [3.05, 3.63) is 65.1 Å². The maximum absolute atomic E-state index is 12.6. The number of carbonyl (C=O) groups excluding carboxylic acids is 2. The summed E-state index contributed by atoms with van der Waals surface area (Å²) >= 11 is 1.62. The molecule has 2 N–H and O–H groups in total. The minimum atomic E-state index is -0.181. The maximum Gasteiger partial charge on any atom is 0.262 e. The van der Waals surface area contributed by atoms with Crippen LogP contribution in [0.1, 0.15) is 18.0 Å². The first-order valence-corrected chi connectivity index (χ1v) is 9.14. The van der Waals surface area contributed by atoms with E-state index in [9.17, 15) is 9.59 Å². The van der Waals surface area contributed by atoms with E-state index >= 15 is 0 Å². The van der Waals surface area contributed by atoms with E-state index in [1.54, 1.807) is 29.5 Å². The van der Waals surface area contributed by atoms with E-state index in [0.717, 1.165) is 5.56 Å². The molecule has 0 spiro atoms. The topological polar surface area (TPSA) is 72.4 Å². The lowest BCUT2D eigenvalue weighted by Crippen LogP contribution is -2.25. The third kappa shape index (κ3) is 3.48. The van der Waals surface area contributed by atoms with Crippen molar-refractivity contribution in [2.45, 2.75) is 12.5 Å². The van der Waals surface area contributed by atoms with E-state index in [0.29, 0.717) is 23.5 Å². The molecule has 26 heavy (non-hydrogen) atoms. The van der Waals surface area contributed by atoms with E-state index in [-0.39, 0.29) is 24.5 Å². The number of hydrogen-bond acceptors (Lipinski definition) is 4. The van der Waals surface area contributed by atoms with Gasteiger partial charge in [0.1, 0.15) is 5.75 Å². The van der Waals surface area contributed by atoms with E-state index in [2.05, 4.69) is 16.0 Å². The minimum Gasteiger partial charge on any atom is -0.482 e. The van der Waals surface area contributed by atoms with Gasteiger partial charge in [-0.3, -0.25) is 9.59 Å². The normalized spacial score (nSPS) is 14.1. The zero-order valence-electron chi connectivity index (χ0n) is 13.8.